The Kier molecular flexibility index (Phi) is 16.7. The van der Waals surface area contributed by atoms with E-state index in [2.05, 4.69) is 6.92 Å². The van der Waals surface area contributed by atoms with Gasteiger partial charge in [-0.05, 0) is 13.3 Å². The Hall–Kier alpha value is -0.263. The van der Waals surface area contributed by atoms with Crippen LogP contribution in [0.3, 0.4) is 0 Å². The van der Waals surface area contributed by atoms with E-state index < -0.39 is 11.9 Å². The van der Waals surface area contributed by atoms with E-state index in [-0.39, 0.29) is 24.6 Å². The average Bonchev–Trinajstić information content (AvgIpc) is 2.35. The second kappa shape index (κ2) is 15.1. The number of ketones is 1. The van der Waals surface area contributed by atoms with Gasteiger partial charge in [-0.25, -0.2) is 0 Å². The van der Waals surface area contributed by atoms with E-state index in [1.807, 2.05) is 0 Å². The van der Waals surface area contributed by atoms with Gasteiger partial charge >= 0.3 is 18.9 Å². The van der Waals surface area contributed by atoms with Gasteiger partial charge in [0.05, 0.1) is 11.9 Å². The van der Waals surface area contributed by atoms with E-state index in [0.717, 1.165) is 19.3 Å². The second-order valence-electron chi connectivity index (χ2n) is 5.45. The summed E-state index contributed by atoms with van der Waals surface area (Å²) in [6, 6.07) is 0. The van der Waals surface area contributed by atoms with Crippen LogP contribution in [0, 0.1) is 5.92 Å². The summed E-state index contributed by atoms with van der Waals surface area (Å²) in [6.07, 6.45) is 12.6. The molecular formula is C16H29LiO3. The summed E-state index contributed by atoms with van der Waals surface area (Å²) >= 11 is 0. The van der Waals surface area contributed by atoms with Crippen molar-refractivity contribution in [2.75, 3.05) is 0 Å². The summed E-state index contributed by atoms with van der Waals surface area (Å²) in [5.41, 5.74) is 0. The molecule has 0 aromatic heterocycles. The topological polar surface area (TPSA) is 57.2 Å². The van der Waals surface area contributed by atoms with Crippen LogP contribution in [0.4, 0.5) is 0 Å². The minimum absolute atomic E-state index is 0. The van der Waals surface area contributed by atoms with Crippen LogP contribution in [0.1, 0.15) is 84.5 Å². The maximum atomic E-state index is 11.1. The largest absolute Gasteiger partial charge is 1.00 e. The van der Waals surface area contributed by atoms with Crippen molar-refractivity contribution in [1.82, 2.24) is 0 Å². The first-order valence-corrected chi connectivity index (χ1v) is 7.81. The molecule has 0 aliphatic rings. The molecular weight excluding hydrogens is 247 g/mol. The van der Waals surface area contributed by atoms with Crippen molar-refractivity contribution in [3.63, 3.8) is 0 Å². The molecule has 4 heteroatoms. The Labute approximate surface area is 136 Å². The molecule has 112 valence electrons. The molecule has 1 unspecified atom stereocenters. The van der Waals surface area contributed by atoms with Gasteiger partial charge in [-0.2, -0.15) is 0 Å². The van der Waals surface area contributed by atoms with Crippen LogP contribution in [0.2, 0.25) is 0 Å². The molecule has 0 rings (SSSR count). The van der Waals surface area contributed by atoms with Gasteiger partial charge in [0.1, 0.15) is 5.78 Å². The van der Waals surface area contributed by atoms with Gasteiger partial charge in [-0.1, -0.05) is 71.1 Å². The van der Waals surface area contributed by atoms with E-state index >= 15 is 0 Å². The van der Waals surface area contributed by atoms with Crippen LogP contribution in [0.5, 0.6) is 0 Å². The molecule has 0 spiro atoms. The number of carbonyl (C=O) groups is 2. The minimum Gasteiger partial charge on any atom is -0.549 e. The molecule has 0 radical (unpaired) electrons. The second-order valence-corrected chi connectivity index (χ2v) is 5.45. The molecule has 0 saturated heterocycles. The molecule has 0 bridgehead atoms. The average molecular weight is 276 g/mol. The Morgan fingerprint density at radius 2 is 1.25 bits per heavy atom. The third-order valence-electron chi connectivity index (χ3n) is 3.62. The fraction of sp³-hybridized carbons (Fsp3) is 0.875. The molecule has 0 aromatic rings. The van der Waals surface area contributed by atoms with Crippen molar-refractivity contribution in [3.05, 3.63) is 0 Å². The van der Waals surface area contributed by atoms with Crippen LogP contribution in [-0.2, 0) is 9.59 Å². The molecule has 0 aromatic carbocycles. The predicted molar refractivity (Wildman–Crippen MR) is 75.6 cm³/mol. The summed E-state index contributed by atoms with van der Waals surface area (Å²) < 4.78 is 0. The van der Waals surface area contributed by atoms with Crippen LogP contribution >= 0.6 is 0 Å². The fourth-order valence-corrected chi connectivity index (χ4v) is 2.32. The third-order valence-corrected chi connectivity index (χ3v) is 3.62. The van der Waals surface area contributed by atoms with Gasteiger partial charge in [-0.3, -0.25) is 4.79 Å². The number of rotatable bonds is 13. The first-order valence-electron chi connectivity index (χ1n) is 7.81. The number of carboxylic acid groups (broad SMARTS) is 1. The Balaban J connectivity index is 0. The van der Waals surface area contributed by atoms with E-state index in [0.29, 0.717) is 6.42 Å². The molecule has 0 fully saturated rings. The van der Waals surface area contributed by atoms with Crippen molar-refractivity contribution < 1.29 is 33.6 Å². The van der Waals surface area contributed by atoms with Gasteiger partial charge < -0.3 is 9.90 Å². The molecule has 1 atom stereocenters. The number of carbonyl (C=O) groups excluding carboxylic acids is 2. The van der Waals surface area contributed by atoms with Crippen LogP contribution in [0.15, 0.2) is 0 Å². The zero-order valence-corrected chi connectivity index (χ0v) is 13.6. The quantitative estimate of drug-likeness (QED) is 0.275. The van der Waals surface area contributed by atoms with Crippen molar-refractivity contribution in [2.24, 2.45) is 5.92 Å². The normalized spacial score (nSPS) is 11.7. The first kappa shape index (κ1) is 22.0. The Morgan fingerprint density at radius 1 is 0.850 bits per heavy atom. The fourth-order valence-electron chi connectivity index (χ4n) is 2.32. The number of Topliss-reactive ketones (excluding diaryl/α,β-unsaturated/α-hetero) is 1. The SMILES string of the molecule is CCCCCCCCCCCCC(C(C)=O)C(=O)[O-].[Li+]. The van der Waals surface area contributed by atoms with Gasteiger partial charge in [0.15, 0.2) is 0 Å². The molecule has 0 amide bonds. The smallest absolute Gasteiger partial charge is 0.549 e. The van der Waals surface area contributed by atoms with Crippen LogP contribution in [-0.4, -0.2) is 11.8 Å². The Bertz CT molecular complexity index is 240. The molecule has 0 heterocycles. The molecule has 0 aliphatic carbocycles. The number of hydrogen-bond donors (Lipinski definition) is 0. The molecule has 0 aliphatic heterocycles. The molecule has 0 N–H and O–H groups in total. The van der Waals surface area contributed by atoms with E-state index in [1.54, 1.807) is 0 Å². The van der Waals surface area contributed by atoms with Gasteiger partial charge in [0.25, 0.3) is 0 Å². The van der Waals surface area contributed by atoms with E-state index in [9.17, 15) is 14.7 Å². The predicted octanol–water partition coefficient (Wildman–Crippen LogP) is 0.257. The number of hydrogen-bond acceptors (Lipinski definition) is 3. The third kappa shape index (κ3) is 12.8. The summed E-state index contributed by atoms with van der Waals surface area (Å²) in [5, 5.41) is 10.7. The zero-order valence-electron chi connectivity index (χ0n) is 13.6. The summed E-state index contributed by atoms with van der Waals surface area (Å²) in [5.74, 6) is -2.40. The monoisotopic (exact) mass is 276 g/mol. The number of aliphatic carboxylic acids is 1. The maximum absolute atomic E-state index is 11.1. The molecule has 20 heavy (non-hydrogen) atoms. The van der Waals surface area contributed by atoms with Crippen LogP contribution in [0.25, 0.3) is 0 Å². The minimum atomic E-state index is -1.22. The summed E-state index contributed by atoms with van der Waals surface area (Å²) in [4.78, 5) is 21.8. The first-order chi connectivity index (χ1) is 9.09. The van der Waals surface area contributed by atoms with Gasteiger partial charge in [0.2, 0.25) is 0 Å². The van der Waals surface area contributed by atoms with Crippen molar-refractivity contribution in [3.8, 4) is 0 Å². The standard InChI is InChI=1S/C16H30O3.Li/c1-3-4-5-6-7-8-9-10-11-12-13-15(14(2)17)16(18)19;/h15H,3-13H2,1-2H3,(H,18,19);/q;+1/p-1. The van der Waals surface area contributed by atoms with Gasteiger partial charge in [0, 0.05) is 0 Å². The zero-order chi connectivity index (χ0) is 14.5. The number of unbranched alkanes of at least 4 members (excludes halogenated alkanes) is 9. The maximum Gasteiger partial charge on any atom is 1.00 e. The van der Waals surface area contributed by atoms with E-state index in [4.69, 9.17) is 0 Å². The van der Waals surface area contributed by atoms with Crippen LogP contribution < -0.4 is 24.0 Å². The van der Waals surface area contributed by atoms with E-state index in [1.165, 1.54) is 51.9 Å². The molecule has 3 nitrogen and oxygen atoms in total. The van der Waals surface area contributed by atoms with Crippen molar-refractivity contribution in [1.29, 1.82) is 0 Å². The van der Waals surface area contributed by atoms with Crippen molar-refractivity contribution >= 4 is 11.8 Å². The summed E-state index contributed by atoms with van der Waals surface area (Å²) in [7, 11) is 0. The Morgan fingerprint density at radius 3 is 1.60 bits per heavy atom. The summed E-state index contributed by atoms with van der Waals surface area (Å²) in [6.45, 7) is 3.55. The molecule has 0 saturated carbocycles. The van der Waals surface area contributed by atoms with Crippen molar-refractivity contribution in [2.45, 2.75) is 84.5 Å². The number of carboxylic acids is 1. The van der Waals surface area contributed by atoms with Gasteiger partial charge in [-0.15, -0.1) is 0 Å².